The molecule has 0 saturated carbocycles. The number of aryl methyl sites for hydroxylation is 1. The lowest BCUT2D eigenvalue weighted by atomic mass is 10.1. The summed E-state index contributed by atoms with van der Waals surface area (Å²) in [5, 5.41) is 9.97. The van der Waals surface area contributed by atoms with Crippen LogP contribution < -0.4 is 4.74 Å². The highest BCUT2D eigenvalue weighted by atomic mass is 35.5. The molecule has 104 valence electrons. The summed E-state index contributed by atoms with van der Waals surface area (Å²) in [4.78, 5) is 11.2. The Bertz CT molecular complexity index is 654. The van der Waals surface area contributed by atoms with Crippen LogP contribution in [0, 0.1) is 6.92 Å². The lowest BCUT2D eigenvalue weighted by Crippen LogP contribution is -2.06. The number of halogens is 2. The van der Waals surface area contributed by atoms with Gasteiger partial charge in [0.15, 0.2) is 0 Å². The molecule has 1 N–H and O–H groups in total. The third-order valence-electron chi connectivity index (χ3n) is 2.81. The Morgan fingerprint density at radius 2 is 1.95 bits per heavy atom. The maximum absolute atomic E-state index is 11.2. The molecule has 2 aromatic carbocycles. The van der Waals surface area contributed by atoms with Gasteiger partial charge in [0, 0.05) is 10.6 Å². The Labute approximate surface area is 126 Å². The molecule has 0 amide bonds. The lowest BCUT2D eigenvalue weighted by molar-refractivity contribution is 0.0694. The number of carboxylic acid groups (broad SMARTS) is 1. The van der Waals surface area contributed by atoms with Crippen LogP contribution in [0.1, 0.15) is 21.5 Å². The second-order valence-electron chi connectivity index (χ2n) is 4.29. The second kappa shape index (κ2) is 6.16. The van der Waals surface area contributed by atoms with Crippen LogP contribution >= 0.6 is 23.2 Å². The Morgan fingerprint density at radius 3 is 2.60 bits per heavy atom. The average molecular weight is 311 g/mol. The van der Waals surface area contributed by atoms with Gasteiger partial charge in [0.25, 0.3) is 0 Å². The standard InChI is InChI=1S/C15H12Cl2O3/c1-9-5-6-14(13(17)7-9)20-8-11-10(15(18)19)3-2-4-12(11)16/h2-7H,8H2,1H3,(H,18,19). The number of rotatable bonds is 4. The summed E-state index contributed by atoms with van der Waals surface area (Å²) in [5.41, 5.74) is 1.57. The van der Waals surface area contributed by atoms with Gasteiger partial charge in [0.2, 0.25) is 0 Å². The zero-order chi connectivity index (χ0) is 14.7. The molecule has 0 saturated heterocycles. The largest absolute Gasteiger partial charge is 0.487 e. The molecule has 20 heavy (non-hydrogen) atoms. The van der Waals surface area contributed by atoms with Crippen molar-refractivity contribution < 1.29 is 14.6 Å². The first kappa shape index (κ1) is 14.7. The van der Waals surface area contributed by atoms with E-state index in [1.165, 1.54) is 6.07 Å². The first-order valence-corrected chi connectivity index (χ1v) is 6.64. The Kier molecular flexibility index (Phi) is 4.53. The van der Waals surface area contributed by atoms with Crippen molar-refractivity contribution in [3.63, 3.8) is 0 Å². The Hall–Kier alpha value is -1.71. The smallest absolute Gasteiger partial charge is 0.336 e. The van der Waals surface area contributed by atoms with Crippen LogP contribution in [0.15, 0.2) is 36.4 Å². The molecular weight excluding hydrogens is 299 g/mol. The number of ether oxygens (including phenoxy) is 1. The maximum Gasteiger partial charge on any atom is 0.336 e. The minimum Gasteiger partial charge on any atom is -0.487 e. The van der Waals surface area contributed by atoms with Gasteiger partial charge in [-0.1, -0.05) is 35.3 Å². The molecule has 5 heteroatoms. The van der Waals surface area contributed by atoms with Gasteiger partial charge in [-0.15, -0.1) is 0 Å². The first-order valence-electron chi connectivity index (χ1n) is 5.88. The fraction of sp³-hybridized carbons (Fsp3) is 0.133. The van der Waals surface area contributed by atoms with Crippen LogP contribution in [0.4, 0.5) is 0 Å². The van der Waals surface area contributed by atoms with Crippen LogP contribution in [0.25, 0.3) is 0 Å². The van der Waals surface area contributed by atoms with Gasteiger partial charge >= 0.3 is 5.97 Å². The predicted octanol–water partition coefficient (Wildman–Crippen LogP) is 4.58. The highest BCUT2D eigenvalue weighted by molar-refractivity contribution is 6.32. The molecule has 0 aromatic heterocycles. The maximum atomic E-state index is 11.2. The van der Waals surface area contributed by atoms with Crippen molar-refractivity contribution in [3.8, 4) is 5.75 Å². The first-order chi connectivity index (χ1) is 9.49. The highest BCUT2D eigenvalue weighted by Gasteiger charge is 2.14. The topological polar surface area (TPSA) is 46.5 Å². The summed E-state index contributed by atoms with van der Waals surface area (Å²) in [6, 6.07) is 10.1. The van der Waals surface area contributed by atoms with E-state index in [1.54, 1.807) is 24.3 Å². The number of carbonyl (C=O) groups is 1. The number of hydrogen-bond acceptors (Lipinski definition) is 2. The van der Waals surface area contributed by atoms with E-state index in [4.69, 9.17) is 33.0 Å². The molecule has 0 aliphatic heterocycles. The Morgan fingerprint density at radius 1 is 1.20 bits per heavy atom. The summed E-state index contributed by atoms with van der Waals surface area (Å²) in [5.74, 6) is -0.547. The normalized spacial score (nSPS) is 10.3. The number of aromatic carboxylic acids is 1. The summed E-state index contributed by atoms with van der Waals surface area (Å²) in [7, 11) is 0. The van der Waals surface area contributed by atoms with E-state index in [9.17, 15) is 4.79 Å². The van der Waals surface area contributed by atoms with Crippen molar-refractivity contribution >= 4 is 29.2 Å². The van der Waals surface area contributed by atoms with E-state index < -0.39 is 5.97 Å². The summed E-state index contributed by atoms with van der Waals surface area (Å²) in [6.45, 7) is 1.97. The number of carboxylic acids is 1. The lowest BCUT2D eigenvalue weighted by Gasteiger charge is -2.12. The van der Waals surface area contributed by atoms with E-state index >= 15 is 0 Å². The molecule has 0 aliphatic rings. The fourth-order valence-corrected chi connectivity index (χ4v) is 2.30. The zero-order valence-electron chi connectivity index (χ0n) is 10.7. The molecule has 2 rings (SSSR count). The molecule has 0 spiro atoms. The van der Waals surface area contributed by atoms with Crippen molar-refractivity contribution in [3.05, 3.63) is 63.1 Å². The van der Waals surface area contributed by atoms with E-state index in [0.717, 1.165) is 5.56 Å². The van der Waals surface area contributed by atoms with Crippen LogP contribution in [-0.2, 0) is 6.61 Å². The molecule has 3 nitrogen and oxygen atoms in total. The van der Waals surface area contributed by atoms with E-state index in [1.807, 2.05) is 13.0 Å². The molecule has 0 fully saturated rings. The van der Waals surface area contributed by atoms with E-state index in [-0.39, 0.29) is 12.2 Å². The van der Waals surface area contributed by atoms with Gasteiger partial charge in [0.1, 0.15) is 12.4 Å². The SMILES string of the molecule is Cc1ccc(OCc2c(Cl)cccc2C(=O)O)c(Cl)c1. The van der Waals surface area contributed by atoms with Crippen LogP contribution in [0.2, 0.25) is 10.0 Å². The van der Waals surface area contributed by atoms with Crippen molar-refractivity contribution in [1.29, 1.82) is 0 Å². The van der Waals surface area contributed by atoms with Crippen molar-refractivity contribution in [1.82, 2.24) is 0 Å². The van der Waals surface area contributed by atoms with Gasteiger partial charge in [-0.3, -0.25) is 0 Å². The molecule has 0 heterocycles. The molecule has 0 aliphatic carbocycles. The highest BCUT2D eigenvalue weighted by Crippen LogP contribution is 2.28. The second-order valence-corrected chi connectivity index (χ2v) is 5.11. The van der Waals surface area contributed by atoms with Crippen molar-refractivity contribution in [2.75, 3.05) is 0 Å². The van der Waals surface area contributed by atoms with Crippen LogP contribution in [0.3, 0.4) is 0 Å². The molecular formula is C15H12Cl2O3. The quantitative estimate of drug-likeness (QED) is 0.899. The minimum atomic E-state index is -1.04. The van der Waals surface area contributed by atoms with Gasteiger partial charge < -0.3 is 9.84 Å². The molecule has 2 aromatic rings. The van der Waals surface area contributed by atoms with Crippen molar-refractivity contribution in [2.45, 2.75) is 13.5 Å². The van der Waals surface area contributed by atoms with Crippen LogP contribution in [0.5, 0.6) is 5.75 Å². The van der Waals surface area contributed by atoms with Gasteiger partial charge in [0.05, 0.1) is 10.6 Å². The van der Waals surface area contributed by atoms with Gasteiger partial charge in [-0.25, -0.2) is 4.79 Å². The third-order valence-corrected chi connectivity index (χ3v) is 3.46. The minimum absolute atomic E-state index is 0.0457. The number of benzene rings is 2. The molecule has 0 atom stereocenters. The summed E-state index contributed by atoms with van der Waals surface area (Å²) < 4.78 is 5.57. The summed E-state index contributed by atoms with van der Waals surface area (Å²) in [6.07, 6.45) is 0. The molecule has 0 radical (unpaired) electrons. The Balaban J connectivity index is 2.25. The van der Waals surface area contributed by atoms with E-state index in [2.05, 4.69) is 0 Å². The number of hydrogen-bond donors (Lipinski definition) is 1. The third kappa shape index (κ3) is 3.24. The average Bonchev–Trinajstić information content (AvgIpc) is 2.38. The van der Waals surface area contributed by atoms with Gasteiger partial charge in [-0.05, 0) is 36.8 Å². The van der Waals surface area contributed by atoms with E-state index in [0.29, 0.717) is 21.4 Å². The van der Waals surface area contributed by atoms with Gasteiger partial charge in [-0.2, -0.15) is 0 Å². The molecule has 0 unspecified atom stereocenters. The zero-order valence-corrected chi connectivity index (χ0v) is 12.2. The molecule has 0 bridgehead atoms. The van der Waals surface area contributed by atoms with Crippen LogP contribution in [-0.4, -0.2) is 11.1 Å². The fourth-order valence-electron chi connectivity index (χ4n) is 1.78. The summed E-state index contributed by atoms with van der Waals surface area (Å²) >= 11 is 12.1. The predicted molar refractivity (Wildman–Crippen MR) is 78.9 cm³/mol. The van der Waals surface area contributed by atoms with Crippen molar-refractivity contribution in [2.24, 2.45) is 0 Å². The monoisotopic (exact) mass is 310 g/mol.